The standard InChI is InChI=1S/C12H10ClN3O2/c13-11-6-1-8(14)7-12(11)15-9-2-4-10(5-3-9)16(17)18/h1-7,15H,14H2. The molecule has 2 aromatic rings. The van der Waals surface area contributed by atoms with Crippen LogP contribution in [0.25, 0.3) is 0 Å². The van der Waals surface area contributed by atoms with Crippen molar-refractivity contribution in [3.05, 3.63) is 57.6 Å². The maximum Gasteiger partial charge on any atom is 0.269 e. The third-order valence-corrected chi connectivity index (χ3v) is 2.68. The number of benzene rings is 2. The van der Waals surface area contributed by atoms with Crippen LogP contribution in [0.5, 0.6) is 0 Å². The van der Waals surface area contributed by atoms with Crippen LogP contribution in [-0.4, -0.2) is 4.92 Å². The highest BCUT2D eigenvalue weighted by atomic mass is 35.5. The Morgan fingerprint density at radius 2 is 1.83 bits per heavy atom. The minimum atomic E-state index is -0.447. The number of anilines is 3. The normalized spacial score (nSPS) is 10.1. The molecule has 0 aliphatic rings. The zero-order chi connectivity index (χ0) is 13.1. The Morgan fingerprint density at radius 1 is 1.17 bits per heavy atom. The molecule has 0 saturated heterocycles. The molecule has 0 heterocycles. The van der Waals surface area contributed by atoms with E-state index in [1.807, 2.05) is 0 Å². The fraction of sp³-hybridized carbons (Fsp3) is 0. The molecule has 6 heteroatoms. The zero-order valence-electron chi connectivity index (χ0n) is 9.26. The first kappa shape index (κ1) is 12.2. The Labute approximate surface area is 108 Å². The average molecular weight is 264 g/mol. The molecule has 0 fully saturated rings. The number of nitrogens with zero attached hydrogens (tertiary/aromatic N) is 1. The Hall–Kier alpha value is -2.27. The van der Waals surface area contributed by atoms with Crippen molar-refractivity contribution < 1.29 is 4.92 Å². The molecule has 18 heavy (non-hydrogen) atoms. The van der Waals surface area contributed by atoms with E-state index in [4.69, 9.17) is 17.3 Å². The first-order valence-corrected chi connectivity index (χ1v) is 5.50. The van der Waals surface area contributed by atoms with Gasteiger partial charge in [-0.1, -0.05) is 11.6 Å². The van der Waals surface area contributed by atoms with E-state index in [0.717, 1.165) is 0 Å². The third-order valence-electron chi connectivity index (χ3n) is 2.35. The van der Waals surface area contributed by atoms with E-state index >= 15 is 0 Å². The number of nitro benzene ring substituents is 1. The van der Waals surface area contributed by atoms with Crippen LogP contribution in [0.15, 0.2) is 42.5 Å². The number of non-ortho nitro benzene ring substituents is 1. The summed E-state index contributed by atoms with van der Waals surface area (Å²) in [5.41, 5.74) is 7.64. The summed E-state index contributed by atoms with van der Waals surface area (Å²) < 4.78 is 0. The van der Waals surface area contributed by atoms with Crippen LogP contribution in [0.1, 0.15) is 0 Å². The van der Waals surface area contributed by atoms with Gasteiger partial charge in [-0.25, -0.2) is 0 Å². The third kappa shape index (κ3) is 2.70. The molecule has 2 rings (SSSR count). The van der Waals surface area contributed by atoms with Crippen LogP contribution in [0.2, 0.25) is 5.02 Å². The summed E-state index contributed by atoms with van der Waals surface area (Å²) in [4.78, 5) is 10.1. The summed E-state index contributed by atoms with van der Waals surface area (Å²) in [6, 6.07) is 11.1. The van der Waals surface area contributed by atoms with Gasteiger partial charge in [0.25, 0.3) is 5.69 Å². The van der Waals surface area contributed by atoms with Crippen molar-refractivity contribution in [3.63, 3.8) is 0 Å². The van der Waals surface area contributed by atoms with Crippen LogP contribution in [0, 0.1) is 10.1 Å². The first-order valence-electron chi connectivity index (χ1n) is 5.13. The number of nitro groups is 1. The summed E-state index contributed by atoms with van der Waals surface area (Å²) in [5.74, 6) is 0. The summed E-state index contributed by atoms with van der Waals surface area (Å²) in [6.07, 6.45) is 0. The lowest BCUT2D eigenvalue weighted by molar-refractivity contribution is -0.384. The Bertz CT molecular complexity index is 584. The molecule has 2 aromatic carbocycles. The van der Waals surface area contributed by atoms with Crippen molar-refractivity contribution in [2.75, 3.05) is 11.1 Å². The van der Waals surface area contributed by atoms with Crippen LogP contribution >= 0.6 is 11.6 Å². The van der Waals surface area contributed by atoms with Crippen LogP contribution < -0.4 is 11.1 Å². The summed E-state index contributed by atoms with van der Waals surface area (Å²) in [5, 5.41) is 14.1. The largest absolute Gasteiger partial charge is 0.399 e. The van der Waals surface area contributed by atoms with Crippen LogP contribution in [0.3, 0.4) is 0 Å². The van der Waals surface area contributed by atoms with E-state index in [-0.39, 0.29) is 5.69 Å². The van der Waals surface area contributed by atoms with Gasteiger partial charge in [0.15, 0.2) is 0 Å². The lowest BCUT2D eigenvalue weighted by Crippen LogP contribution is -1.94. The zero-order valence-corrected chi connectivity index (χ0v) is 10.0. The van der Waals surface area contributed by atoms with Gasteiger partial charge in [-0.15, -0.1) is 0 Å². The molecule has 0 atom stereocenters. The van der Waals surface area contributed by atoms with Crippen LogP contribution in [-0.2, 0) is 0 Å². The smallest absolute Gasteiger partial charge is 0.269 e. The van der Waals surface area contributed by atoms with Gasteiger partial charge >= 0.3 is 0 Å². The number of nitrogens with two attached hydrogens (primary N) is 1. The molecular formula is C12H10ClN3O2. The topological polar surface area (TPSA) is 81.2 Å². The molecule has 3 N–H and O–H groups in total. The fourth-order valence-electron chi connectivity index (χ4n) is 1.46. The molecule has 0 aliphatic heterocycles. The lowest BCUT2D eigenvalue weighted by Gasteiger charge is -2.08. The van der Waals surface area contributed by atoms with Crippen molar-refractivity contribution in [1.29, 1.82) is 0 Å². The summed E-state index contributed by atoms with van der Waals surface area (Å²) in [6.45, 7) is 0. The second kappa shape index (κ2) is 4.93. The molecule has 0 radical (unpaired) electrons. The van der Waals surface area contributed by atoms with Gasteiger partial charge in [-0.05, 0) is 30.3 Å². The monoisotopic (exact) mass is 263 g/mol. The predicted octanol–water partition coefficient (Wildman–Crippen LogP) is 3.57. The van der Waals surface area contributed by atoms with E-state index < -0.39 is 4.92 Å². The number of hydrogen-bond acceptors (Lipinski definition) is 4. The van der Waals surface area contributed by atoms with Gasteiger partial charge in [0.1, 0.15) is 0 Å². The van der Waals surface area contributed by atoms with E-state index in [1.54, 1.807) is 30.3 Å². The van der Waals surface area contributed by atoms with Crippen molar-refractivity contribution in [3.8, 4) is 0 Å². The molecule has 0 spiro atoms. The molecular weight excluding hydrogens is 254 g/mol. The second-order valence-electron chi connectivity index (χ2n) is 3.67. The van der Waals surface area contributed by atoms with E-state index in [2.05, 4.69) is 5.32 Å². The summed E-state index contributed by atoms with van der Waals surface area (Å²) >= 11 is 6.00. The second-order valence-corrected chi connectivity index (χ2v) is 4.08. The number of nitrogen functional groups attached to an aromatic ring is 1. The van der Waals surface area contributed by atoms with Gasteiger partial charge in [-0.3, -0.25) is 10.1 Å². The van der Waals surface area contributed by atoms with Gasteiger partial charge in [0, 0.05) is 23.5 Å². The lowest BCUT2D eigenvalue weighted by atomic mass is 10.2. The predicted molar refractivity (Wildman–Crippen MR) is 72.2 cm³/mol. The number of halogens is 1. The van der Waals surface area contributed by atoms with Gasteiger partial charge < -0.3 is 11.1 Å². The Kier molecular flexibility index (Phi) is 3.34. The quantitative estimate of drug-likeness (QED) is 0.504. The van der Waals surface area contributed by atoms with Gasteiger partial charge in [0.2, 0.25) is 0 Å². The molecule has 0 aliphatic carbocycles. The maximum absolute atomic E-state index is 10.5. The Morgan fingerprint density at radius 3 is 2.44 bits per heavy atom. The SMILES string of the molecule is Nc1ccc(Cl)c(Nc2ccc([N+](=O)[O-])cc2)c1. The van der Waals surface area contributed by atoms with Crippen molar-refractivity contribution in [2.45, 2.75) is 0 Å². The average Bonchev–Trinajstić information content (AvgIpc) is 2.34. The van der Waals surface area contributed by atoms with Gasteiger partial charge in [-0.2, -0.15) is 0 Å². The molecule has 0 saturated carbocycles. The van der Waals surface area contributed by atoms with Crippen molar-refractivity contribution >= 4 is 34.4 Å². The minimum absolute atomic E-state index is 0.0409. The molecule has 0 aromatic heterocycles. The molecule has 92 valence electrons. The molecule has 0 unspecified atom stereocenters. The Balaban J connectivity index is 2.23. The minimum Gasteiger partial charge on any atom is -0.399 e. The maximum atomic E-state index is 10.5. The van der Waals surface area contributed by atoms with Crippen molar-refractivity contribution in [1.82, 2.24) is 0 Å². The number of nitrogens with one attached hydrogen (secondary N) is 1. The van der Waals surface area contributed by atoms with E-state index in [0.29, 0.717) is 22.1 Å². The van der Waals surface area contributed by atoms with E-state index in [1.165, 1.54) is 12.1 Å². The highest BCUT2D eigenvalue weighted by Crippen LogP contribution is 2.28. The highest BCUT2D eigenvalue weighted by Gasteiger charge is 2.05. The van der Waals surface area contributed by atoms with Crippen molar-refractivity contribution in [2.24, 2.45) is 0 Å². The van der Waals surface area contributed by atoms with Gasteiger partial charge in [0.05, 0.1) is 15.6 Å². The fourth-order valence-corrected chi connectivity index (χ4v) is 1.63. The summed E-state index contributed by atoms with van der Waals surface area (Å²) in [7, 11) is 0. The number of rotatable bonds is 3. The molecule has 0 bridgehead atoms. The molecule has 0 amide bonds. The number of hydrogen-bond donors (Lipinski definition) is 2. The first-order chi connectivity index (χ1) is 8.56. The van der Waals surface area contributed by atoms with E-state index in [9.17, 15) is 10.1 Å². The van der Waals surface area contributed by atoms with Crippen LogP contribution in [0.4, 0.5) is 22.7 Å². The molecule has 5 nitrogen and oxygen atoms in total. The highest BCUT2D eigenvalue weighted by molar-refractivity contribution is 6.33.